The molecule has 3 rings (SSSR count). The van der Waals surface area contributed by atoms with Gasteiger partial charge in [0, 0.05) is 18.7 Å². The molecule has 2 N–H and O–H groups in total. The first-order chi connectivity index (χ1) is 8.38. The van der Waals surface area contributed by atoms with Crippen LogP contribution in [0.4, 0.5) is 0 Å². The molecular weight excluding hydrogens is 212 g/mol. The van der Waals surface area contributed by atoms with E-state index in [0.29, 0.717) is 5.56 Å². The van der Waals surface area contributed by atoms with Gasteiger partial charge in [0.15, 0.2) is 0 Å². The third-order valence-corrected chi connectivity index (χ3v) is 3.12. The molecule has 0 fully saturated rings. The molecule has 0 saturated carbocycles. The molecule has 0 unspecified atom stereocenters. The van der Waals surface area contributed by atoms with E-state index >= 15 is 0 Å². The maximum atomic E-state index is 8.78. The zero-order chi connectivity index (χ0) is 11.7. The van der Waals surface area contributed by atoms with Crippen molar-refractivity contribution < 1.29 is 0 Å². The van der Waals surface area contributed by atoms with Gasteiger partial charge < -0.3 is 10.3 Å². The van der Waals surface area contributed by atoms with Gasteiger partial charge >= 0.3 is 0 Å². The van der Waals surface area contributed by atoms with Gasteiger partial charge in [-0.1, -0.05) is 12.1 Å². The molecule has 4 heteroatoms. The summed E-state index contributed by atoms with van der Waals surface area (Å²) in [6.07, 6.45) is 2.73. The van der Waals surface area contributed by atoms with Gasteiger partial charge in [0.2, 0.25) is 0 Å². The summed E-state index contributed by atoms with van der Waals surface area (Å²) < 4.78 is 0. The van der Waals surface area contributed by atoms with Crippen LogP contribution in [0.25, 0.3) is 0 Å². The molecule has 2 aromatic rings. The lowest BCUT2D eigenvalue weighted by Crippen LogP contribution is -2.30. The Bertz CT molecular complexity index is 562. The van der Waals surface area contributed by atoms with Gasteiger partial charge in [-0.25, -0.2) is 4.98 Å². The highest BCUT2D eigenvalue weighted by molar-refractivity contribution is 5.37. The third kappa shape index (κ3) is 1.71. The molecule has 4 nitrogen and oxygen atoms in total. The number of nitriles is 1. The minimum absolute atomic E-state index is 0.137. The number of aromatic amines is 1. The second-order valence-corrected chi connectivity index (χ2v) is 4.14. The summed E-state index contributed by atoms with van der Waals surface area (Å²) >= 11 is 0. The maximum absolute atomic E-state index is 8.78. The highest BCUT2D eigenvalue weighted by Crippen LogP contribution is 2.26. The van der Waals surface area contributed by atoms with Crippen molar-refractivity contribution in [3.8, 4) is 6.07 Å². The Kier molecular flexibility index (Phi) is 2.39. The fraction of sp³-hybridized carbons (Fsp3) is 0.231. The molecule has 1 aliphatic heterocycles. The van der Waals surface area contributed by atoms with Crippen LogP contribution in [0.3, 0.4) is 0 Å². The Morgan fingerprint density at radius 1 is 1.29 bits per heavy atom. The largest absolute Gasteiger partial charge is 0.348 e. The molecule has 1 aromatic heterocycles. The smallest absolute Gasteiger partial charge is 0.0991 e. The molecule has 1 atom stereocenters. The number of nitrogens with zero attached hydrogens (tertiary/aromatic N) is 2. The number of hydrogen-bond acceptors (Lipinski definition) is 3. The zero-order valence-electron chi connectivity index (χ0n) is 9.27. The SMILES string of the molecule is N#Cc1ccc([C@H]2NCCc3[nH]cnc32)cc1. The van der Waals surface area contributed by atoms with Gasteiger partial charge in [-0.05, 0) is 17.7 Å². The Labute approximate surface area is 99.3 Å². The molecule has 0 bridgehead atoms. The average Bonchev–Trinajstić information content (AvgIpc) is 2.87. The van der Waals surface area contributed by atoms with Gasteiger partial charge in [0.1, 0.15) is 0 Å². The second kappa shape index (κ2) is 4.04. The number of aromatic nitrogens is 2. The minimum atomic E-state index is 0.137. The Balaban J connectivity index is 1.98. The zero-order valence-corrected chi connectivity index (χ0v) is 9.27. The van der Waals surface area contributed by atoms with E-state index in [4.69, 9.17) is 5.26 Å². The number of fused-ring (bicyclic) bond motifs is 1. The van der Waals surface area contributed by atoms with Crippen LogP contribution in [-0.2, 0) is 6.42 Å². The summed E-state index contributed by atoms with van der Waals surface area (Å²) in [6, 6.07) is 9.93. The van der Waals surface area contributed by atoms with Crippen molar-refractivity contribution in [1.29, 1.82) is 5.26 Å². The van der Waals surface area contributed by atoms with E-state index in [2.05, 4.69) is 21.4 Å². The van der Waals surface area contributed by atoms with Crippen LogP contribution in [-0.4, -0.2) is 16.5 Å². The first-order valence-corrected chi connectivity index (χ1v) is 5.64. The minimum Gasteiger partial charge on any atom is -0.348 e. The first kappa shape index (κ1) is 10.1. The van der Waals surface area contributed by atoms with Crippen molar-refractivity contribution in [3.63, 3.8) is 0 Å². The second-order valence-electron chi connectivity index (χ2n) is 4.14. The van der Waals surface area contributed by atoms with E-state index in [-0.39, 0.29) is 6.04 Å². The molecule has 2 heterocycles. The van der Waals surface area contributed by atoms with Gasteiger partial charge in [0.05, 0.1) is 29.7 Å². The van der Waals surface area contributed by atoms with Crippen molar-refractivity contribution >= 4 is 0 Å². The third-order valence-electron chi connectivity index (χ3n) is 3.12. The monoisotopic (exact) mass is 224 g/mol. The Morgan fingerprint density at radius 2 is 2.12 bits per heavy atom. The molecular formula is C13H12N4. The topological polar surface area (TPSA) is 64.5 Å². The van der Waals surface area contributed by atoms with Crippen molar-refractivity contribution in [1.82, 2.24) is 15.3 Å². The molecule has 84 valence electrons. The number of imidazole rings is 1. The lowest BCUT2D eigenvalue weighted by Gasteiger charge is -2.23. The predicted octanol–water partition coefficient (Wildman–Crippen LogP) is 1.52. The number of H-pyrrole nitrogens is 1. The highest BCUT2D eigenvalue weighted by Gasteiger charge is 2.23. The highest BCUT2D eigenvalue weighted by atomic mass is 15.0. The lowest BCUT2D eigenvalue weighted by atomic mass is 9.97. The summed E-state index contributed by atoms with van der Waals surface area (Å²) in [4.78, 5) is 7.55. The van der Waals surface area contributed by atoms with Gasteiger partial charge in [0.25, 0.3) is 0 Å². The van der Waals surface area contributed by atoms with Crippen LogP contribution in [0.2, 0.25) is 0 Å². The molecule has 0 saturated heterocycles. The predicted molar refractivity (Wildman–Crippen MR) is 63.3 cm³/mol. The molecule has 1 aromatic carbocycles. The lowest BCUT2D eigenvalue weighted by molar-refractivity contribution is 0.553. The molecule has 0 spiro atoms. The van der Waals surface area contributed by atoms with Crippen LogP contribution >= 0.6 is 0 Å². The summed E-state index contributed by atoms with van der Waals surface area (Å²) in [7, 11) is 0. The van der Waals surface area contributed by atoms with Crippen LogP contribution in [0.15, 0.2) is 30.6 Å². The van der Waals surface area contributed by atoms with Gasteiger partial charge in [-0.15, -0.1) is 0 Å². The normalized spacial score (nSPS) is 18.4. The summed E-state index contributed by atoms with van der Waals surface area (Å²) in [5.41, 5.74) is 4.11. The van der Waals surface area contributed by atoms with Crippen LogP contribution in [0, 0.1) is 11.3 Å². The molecule has 1 aliphatic rings. The van der Waals surface area contributed by atoms with E-state index in [1.54, 1.807) is 6.33 Å². The van der Waals surface area contributed by atoms with Crippen LogP contribution in [0.1, 0.15) is 28.6 Å². The molecule has 17 heavy (non-hydrogen) atoms. The summed E-state index contributed by atoms with van der Waals surface area (Å²) in [5, 5.41) is 12.2. The first-order valence-electron chi connectivity index (χ1n) is 5.64. The molecule has 0 aliphatic carbocycles. The molecule has 0 amide bonds. The average molecular weight is 224 g/mol. The summed E-state index contributed by atoms with van der Waals surface area (Å²) in [6.45, 7) is 0.944. The van der Waals surface area contributed by atoms with E-state index in [0.717, 1.165) is 24.2 Å². The van der Waals surface area contributed by atoms with E-state index in [1.165, 1.54) is 5.69 Å². The standard InChI is InChI=1S/C13H12N4/c14-7-9-1-3-10(4-2-9)12-13-11(5-6-15-12)16-8-17-13/h1-4,8,12,15H,5-6H2,(H,16,17)/t12-/m1/s1. The van der Waals surface area contributed by atoms with E-state index in [1.807, 2.05) is 24.3 Å². The number of nitrogens with one attached hydrogen (secondary N) is 2. The Hall–Kier alpha value is -2.12. The number of benzene rings is 1. The summed E-state index contributed by atoms with van der Waals surface area (Å²) in [5.74, 6) is 0. The van der Waals surface area contributed by atoms with Crippen molar-refractivity contribution in [2.45, 2.75) is 12.5 Å². The van der Waals surface area contributed by atoms with Gasteiger partial charge in [-0.3, -0.25) is 0 Å². The number of hydrogen-bond donors (Lipinski definition) is 2. The number of rotatable bonds is 1. The van der Waals surface area contributed by atoms with Crippen LogP contribution < -0.4 is 5.32 Å². The molecule has 0 radical (unpaired) electrons. The maximum Gasteiger partial charge on any atom is 0.0991 e. The quantitative estimate of drug-likeness (QED) is 0.771. The van der Waals surface area contributed by atoms with Crippen molar-refractivity contribution in [2.24, 2.45) is 0 Å². The fourth-order valence-electron chi connectivity index (χ4n) is 2.24. The van der Waals surface area contributed by atoms with E-state index < -0.39 is 0 Å². The van der Waals surface area contributed by atoms with E-state index in [9.17, 15) is 0 Å². The van der Waals surface area contributed by atoms with Gasteiger partial charge in [-0.2, -0.15) is 5.26 Å². The van der Waals surface area contributed by atoms with Crippen molar-refractivity contribution in [2.75, 3.05) is 6.54 Å². The van der Waals surface area contributed by atoms with Crippen molar-refractivity contribution in [3.05, 3.63) is 53.1 Å². The fourth-order valence-corrected chi connectivity index (χ4v) is 2.24. The Morgan fingerprint density at radius 3 is 2.88 bits per heavy atom. The van der Waals surface area contributed by atoms with Crippen LogP contribution in [0.5, 0.6) is 0 Å².